The smallest absolute Gasteiger partial charge is 0.162 e. The van der Waals surface area contributed by atoms with Crippen molar-refractivity contribution in [3.05, 3.63) is 17.5 Å². The zero-order chi connectivity index (χ0) is 13.6. The second kappa shape index (κ2) is 6.87. The molecule has 5 heteroatoms. The van der Waals surface area contributed by atoms with Gasteiger partial charge >= 0.3 is 0 Å². The predicted molar refractivity (Wildman–Crippen MR) is 71.0 cm³/mol. The Labute approximate surface area is 109 Å². The van der Waals surface area contributed by atoms with Crippen LogP contribution in [0.5, 0.6) is 0 Å². The van der Waals surface area contributed by atoms with Crippen molar-refractivity contribution < 1.29 is 9.26 Å². The largest absolute Gasteiger partial charge is 0.377 e. The van der Waals surface area contributed by atoms with Gasteiger partial charge in [-0.25, -0.2) is 0 Å². The van der Waals surface area contributed by atoms with Gasteiger partial charge in [0.05, 0.1) is 5.69 Å². The van der Waals surface area contributed by atoms with Gasteiger partial charge in [-0.1, -0.05) is 25.9 Å². The third kappa shape index (κ3) is 4.76. The van der Waals surface area contributed by atoms with Gasteiger partial charge in [-0.15, -0.1) is 0 Å². The van der Waals surface area contributed by atoms with Crippen molar-refractivity contribution in [2.45, 2.75) is 33.9 Å². The minimum absolute atomic E-state index is 0.120. The Kier molecular flexibility index (Phi) is 5.78. The van der Waals surface area contributed by atoms with Crippen LogP contribution in [-0.2, 0) is 17.9 Å². The van der Waals surface area contributed by atoms with Gasteiger partial charge in [0.15, 0.2) is 5.76 Å². The molecule has 0 amide bonds. The summed E-state index contributed by atoms with van der Waals surface area (Å²) in [6, 6.07) is 1.95. The van der Waals surface area contributed by atoms with Crippen molar-refractivity contribution >= 4 is 0 Å². The summed E-state index contributed by atoms with van der Waals surface area (Å²) in [6.45, 7) is 10.3. The summed E-state index contributed by atoms with van der Waals surface area (Å²) in [5.41, 5.74) is 6.83. The summed E-state index contributed by atoms with van der Waals surface area (Å²) in [4.78, 5) is 2.32. The average molecular weight is 255 g/mol. The number of methoxy groups -OCH3 is 1. The van der Waals surface area contributed by atoms with Crippen LogP contribution in [0.4, 0.5) is 0 Å². The molecule has 0 aliphatic rings. The number of aromatic nitrogens is 1. The first-order chi connectivity index (χ1) is 8.50. The first-order valence-corrected chi connectivity index (χ1v) is 6.36. The highest BCUT2D eigenvalue weighted by atomic mass is 16.5. The van der Waals surface area contributed by atoms with Crippen molar-refractivity contribution in [2.24, 2.45) is 11.1 Å². The van der Waals surface area contributed by atoms with E-state index in [9.17, 15) is 0 Å². The van der Waals surface area contributed by atoms with Crippen LogP contribution in [0.1, 0.15) is 32.2 Å². The summed E-state index contributed by atoms with van der Waals surface area (Å²) in [5, 5.41) is 4.05. The second-order valence-corrected chi connectivity index (χ2v) is 5.39. The minimum Gasteiger partial charge on any atom is -0.377 e. The summed E-state index contributed by atoms with van der Waals surface area (Å²) >= 11 is 0. The van der Waals surface area contributed by atoms with Gasteiger partial charge in [0.1, 0.15) is 6.61 Å². The van der Waals surface area contributed by atoms with Gasteiger partial charge in [0.2, 0.25) is 0 Å². The standard InChI is InChI=1S/C13H25N3O2/c1-5-16(10-13(2,3)9-14)7-11-6-12(8-17-4)18-15-11/h6H,5,7-10,14H2,1-4H3. The lowest BCUT2D eigenvalue weighted by atomic mass is 9.93. The monoisotopic (exact) mass is 255 g/mol. The molecule has 2 N–H and O–H groups in total. The van der Waals surface area contributed by atoms with E-state index in [4.69, 9.17) is 15.0 Å². The molecule has 18 heavy (non-hydrogen) atoms. The van der Waals surface area contributed by atoms with E-state index in [2.05, 4.69) is 30.8 Å². The summed E-state index contributed by atoms with van der Waals surface area (Å²) in [6.07, 6.45) is 0. The molecule has 0 fully saturated rings. The van der Waals surface area contributed by atoms with E-state index >= 15 is 0 Å². The molecule has 0 aliphatic heterocycles. The van der Waals surface area contributed by atoms with Crippen LogP contribution in [0.15, 0.2) is 10.6 Å². The highest BCUT2D eigenvalue weighted by molar-refractivity contribution is 5.04. The number of rotatable bonds is 8. The molecular formula is C13H25N3O2. The van der Waals surface area contributed by atoms with Crippen LogP contribution < -0.4 is 5.73 Å². The Morgan fingerprint density at radius 3 is 2.78 bits per heavy atom. The third-order valence-electron chi connectivity index (χ3n) is 2.93. The average Bonchev–Trinajstić information content (AvgIpc) is 2.76. The first kappa shape index (κ1) is 15.1. The van der Waals surface area contributed by atoms with Crippen molar-refractivity contribution in [1.82, 2.24) is 10.1 Å². The fourth-order valence-corrected chi connectivity index (χ4v) is 1.82. The summed E-state index contributed by atoms with van der Waals surface area (Å²) in [7, 11) is 1.64. The lowest BCUT2D eigenvalue weighted by Crippen LogP contribution is -2.38. The van der Waals surface area contributed by atoms with Crippen LogP contribution in [0.25, 0.3) is 0 Å². The summed E-state index contributed by atoms with van der Waals surface area (Å²) in [5.74, 6) is 0.765. The number of ether oxygens (including phenoxy) is 1. The molecule has 1 aromatic rings. The second-order valence-electron chi connectivity index (χ2n) is 5.39. The van der Waals surface area contributed by atoms with E-state index in [1.807, 2.05) is 6.07 Å². The topological polar surface area (TPSA) is 64.5 Å². The zero-order valence-corrected chi connectivity index (χ0v) is 11.9. The molecule has 0 atom stereocenters. The van der Waals surface area contributed by atoms with Crippen LogP contribution in [0, 0.1) is 5.41 Å². The SMILES string of the molecule is CCN(Cc1cc(COC)on1)CC(C)(C)CN. The van der Waals surface area contributed by atoms with Crippen LogP contribution in [-0.4, -0.2) is 36.8 Å². The number of nitrogens with two attached hydrogens (primary N) is 1. The molecule has 104 valence electrons. The zero-order valence-electron chi connectivity index (χ0n) is 11.9. The van der Waals surface area contributed by atoms with Crippen LogP contribution in [0.3, 0.4) is 0 Å². The maximum absolute atomic E-state index is 5.77. The normalized spacial score (nSPS) is 12.3. The molecule has 1 rings (SSSR count). The predicted octanol–water partition coefficient (Wildman–Crippen LogP) is 1.63. The summed E-state index contributed by atoms with van der Waals surface area (Å²) < 4.78 is 10.2. The highest BCUT2D eigenvalue weighted by Gasteiger charge is 2.20. The van der Waals surface area contributed by atoms with Gasteiger partial charge in [0.25, 0.3) is 0 Å². The van der Waals surface area contributed by atoms with E-state index in [1.54, 1.807) is 7.11 Å². The molecule has 1 heterocycles. The maximum atomic E-state index is 5.77. The van der Waals surface area contributed by atoms with E-state index < -0.39 is 0 Å². The lowest BCUT2D eigenvalue weighted by molar-refractivity contribution is 0.154. The van der Waals surface area contributed by atoms with Crippen molar-refractivity contribution in [1.29, 1.82) is 0 Å². The van der Waals surface area contributed by atoms with Gasteiger partial charge in [-0.05, 0) is 18.5 Å². The Balaban J connectivity index is 2.56. The van der Waals surface area contributed by atoms with Gasteiger partial charge < -0.3 is 15.0 Å². The quantitative estimate of drug-likeness (QED) is 0.765. The number of hydrogen-bond donors (Lipinski definition) is 1. The molecule has 1 aromatic heterocycles. The van der Waals surface area contributed by atoms with Crippen molar-refractivity contribution in [2.75, 3.05) is 26.7 Å². The molecular weight excluding hydrogens is 230 g/mol. The molecule has 0 unspecified atom stereocenters. The lowest BCUT2D eigenvalue weighted by Gasteiger charge is -2.30. The Bertz CT molecular complexity index is 350. The molecule has 5 nitrogen and oxygen atoms in total. The van der Waals surface area contributed by atoms with Crippen LogP contribution in [0.2, 0.25) is 0 Å². The third-order valence-corrected chi connectivity index (χ3v) is 2.93. The van der Waals surface area contributed by atoms with E-state index in [-0.39, 0.29) is 5.41 Å². The van der Waals surface area contributed by atoms with E-state index in [0.29, 0.717) is 13.2 Å². The molecule has 0 aromatic carbocycles. The van der Waals surface area contributed by atoms with Gasteiger partial charge in [0, 0.05) is 26.3 Å². The minimum atomic E-state index is 0.120. The fourth-order valence-electron chi connectivity index (χ4n) is 1.82. The van der Waals surface area contributed by atoms with E-state index in [0.717, 1.165) is 31.1 Å². The maximum Gasteiger partial charge on any atom is 0.162 e. The molecule has 0 bridgehead atoms. The van der Waals surface area contributed by atoms with Gasteiger partial charge in [-0.2, -0.15) is 0 Å². The molecule has 0 radical (unpaired) electrons. The Hall–Kier alpha value is -0.910. The number of hydrogen-bond acceptors (Lipinski definition) is 5. The van der Waals surface area contributed by atoms with Crippen molar-refractivity contribution in [3.8, 4) is 0 Å². The molecule has 0 saturated heterocycles. The molecule has 0 aliphatic carbocycles. The van der Waals surface area contributed by atoms with Gasteiger partial charge in [-0.3, -0.25) is 4.90 Å². The molecule has 0 saturated carbocycles. The fraction of sp³-hybridized carbons (Fsp3) is 0.769. The number of nitrogens with zero attached hydrogens (tertiary/aromatic N) is 2. The van der Waals surface area contributed by atoms with Crippen LogP contribution >= 0.6 is 0 Å². The highest BCUT2D eigenvalue weighted by Crippen LogP contribution is 2.16. The van der Waals surface area contributed by atoms with E-state index in [1.165, 1.54) is 0 Å². The first-order valence-electron chi connectivity index (χ1n) is 6.36. The van der Waals surface area contributed by atoms with Crippen molar-refractivity contribution in [3.63, 3.8) is 0 Å². The Morgan fingerprint density at radius 1 is 1.50 bits per heavy atom. The molecule has 0 spiro atoms. The Morgan fingerprint density at radius 2 is 2.22 bits per heavy atom.